The summed E-state index contributed by atoms with van der Waals surface area (Å²) >= 11 is 2.45. The number of aromatic nitrogens is 2. The number of hydrogen-bond acceptors (Lipinski definition) is 6. The Balaban J connectivity index is 2.08. The topological polar surface area (TPSA) is 81.4 Å². The normalized spacial score (nSPS) is 19.0. The Hall–Kier alpha value is -1.38. The molecule has 3 rings (SSSR count). The monoisotopic (exact) mass is 326 g/mol. The van der Waals surface area contributed by atoms with Crippen LogP contribution in [0.3, 0.4) is 0 Å². The Morgan fingerprint density at radius 1 is 1.62 bits per heavy atom. The summed E-state index contributed by atoms with van der Waals surface area (Å²) in [6, 6.07) is 1.72. The second-order valence-corrected chi connectivity index (χ2v) is 6.62. The fourth-order valence-corrected chi connectivity index (χ4v) is 3.93. The Bertz CT molecular complexity index is 719. The molecule has 1 unspecified atom stereocenters. The molecule has 0 saturated carbocycles. The minimum absolute atomic E-state index is 0.0680. The molecule has 1 aliphatic heterocycles. The molecule has 0 aromatic carbocycles. The van der Waals surface area contributed by atoms with E-state index in [-0.39, 0.29) is 17.4 Å². The highest BCUT2D eigenvalue weighted by molar-refractivity contribution is 7.99. The van der Waals surface area contributed by atoms with Gasteiger partial charge in [-0.15, -0.1) is 11.3 Å². The first-order chi connectivity index (χ1) is 10.2. The third kappa shape index (κ3) is 2.97. The van der Waals surface area contributed by atoms with Crippen LogP contribution in [-0.2, 0) is 9.53 Å². The Labute approximate surface area is 128 Å². The second-order valence-electron chi connectivity index (χ2n) is 4.76. The highest BCUT2D eigenvalue weighted by Crippen LogP contribution is 2.26. The van der Waals surface area contributed by atoms with Crippen molar-refractivity contribution < 1.29 is 14.6 Å². The largest absolute Gasteiger partial charge is 0.481 e. The van der Waals surface area contributed by atoms with Gasteiger partial charge in [-0.3, -0.25) is 14.2 Å². The van der Waals surface area contributed by atoms with E-state index in [0.29, 0.717) is 28.6 Å². The van der Waals surface area contributed by atoms with E-state index in [1.807, 2.05) is 5.38 Å². The van der Waals surface area contributed by atoms with Crippen LogP contribution in [0.25, 0.3) is 10.2 Å². The van der Waals surface area contributed by atoms with Crippen molar-refractivity contribution in [2.75, 3.05) is 19.0 Å². The average molecular weight is 326 g/mol. The number of carboxylic acids is 1. The molecule has 2 aromatic rings. The highest BCUT2D eigenvalue weighted by atomic mass is 32.2. The van der Waals surface area contributed by atoms with Crippen LogP contribution in [0.1, 0.15) is 18.9 Å². The van der Waals surface area contributed by atoms with Crippen LogP contribution in [0.15, 0.2) is 21.4 Å². The van der Waals surface area contributed by atoms with Gasteiger partial charge >= 0.3 is 5.97 Å². The maximum absolute atomic E-state index is 12.7. The quantitative estimate of drug-likeness (QED) is 0.683. The van der Waals surface area contributed by atoms with Gasteiger partial charge in [0.15, 0.2) is 5.16 Å². The molecule has 0 spiro atoms. The van der Waals surface area contributed by atoms with Crippen LogP contribution < -0.4 is 5.56 Å². The van der Waals surface area contributed by atoms with Gasteiger partial charge in [-0.25, -0.2) is 4.98 Å². The van der Waals surface area contributed by atoms with Gasteiger partial charge in [0.25, 0.3) is 5.56 Å². The lowest BCUT2D eigenvalue weighted by Crippen LogP contribution is -2.32. The summed E-state index contributed by atoms with van der Waals surface area (Å²) < 4.78 is 7.68. The highest BCUT2D eigenvalue weighted by Gasteiger charge is 2.23. The van der Waals surface area contributed by atoms with E-state index < -0.39 is 5.97 Å². The maximum Gasteiger partial charge on any atom is 0.313 e. The third-order valence-corrected chi connectivity index (χ3v) is 5.13. The van der Waals surface area contributed by atoms with Gasteiger partial charge < -0.3 is 9.84 Å². The van der Waals surface area contributed by atoms with Crippen molar-refractivity contribution in [3.63, 3.8) is 0 Å². The number of rotatable bonds is 4. The van der Waals surface area contributed by atoms with Crippen molar-refractivity contribution in [3.8, 4) is 0 Å². The van der Waals surface area contributed by atoms with Crippen molar-refractivity contribution in [1.29, 1.82) is 0 Å². The van der Waals surface area contributed by atoms with Crippen molar-refractivity contribution in [3.05, 3.63) is 21.8 Å². The molecule has 21 heavy (non-hydrogen) atoms. The molecule has 1 fully saturated rings. The fourth-order valence-electron chi connectivity index (χ4n) is 2.38. The van der Waals surface area contributed by atoms with E-state index in [9.17, 15) is 9.59 Å². The first-order valence-corrected chi connectivity index (χ1v) is 8.45. The zero-order chi connectivity index (χ0) is 14.8. The molecule has 0 amide bonds. The van der Waals surface area contributed by atoms with E-state index in [1.54, 1.807) is 10.6 Å². The third-order valence-electron chi connectivity index (χ3n) is 3.31. The zero-order valence-electron chi connectivity index (χ0n) is 11.2. The van der Waals surface area contributed by atoms with Crippen molar-refractivity contribution in [1.82, 2.24) is 9.55 Å². The van der Waals surface area contributed by atoms with Gasteiger partial charge in [-0.05, 0) is 24.3 Å². The van der Waals surface area contributed by atoms with E-state index in [0.717, 1.165) is 24.6 Å². The first kappa shape index (κ1) is 14.6. The lowest BCUT2D eigenvalue weighted by Gasteiger charge is -2.25. The molecular formula is C13H14N2O4S2. The summed E-state index contributed by atoms with van der Waals surface area (Å²) in [6.45, 7) is 1.18. The van der Waals surface area contributed by atoms with E-state index >= 15 is 0 Å². The number of carboxylic acid groups (broad SMARTS) is 1. The summed E-state index contributed by atoms with van der Waals surface area (Å²) in [5.74, 6) is -1.04. The smallest absolute Gasteiger partial charge is 0.313 e. The fraction of sp³-hybridized carbons (Fsp3) is 0.462. The summed E-state index contributed by atoms with van der Waals surface area (Å²) in [7, 11) is 0. The van der Waals surface area contributed by atoms with Crippen LogP contribution in [0.5, 0.6) is 0 Å². The minimum atomic E-state index is -0.925. The molecule has 112 valence electrons. The summed E-state index contributed by atoms with van der Waals surface area (Å²) in [6.07, 6.45) is 1.74. The van der Waals surface area contributed by atoms with Crippen molar-refractivity contribution in [2.24, 2.45) is 0 Å². The number of nitrogens with zero attached hydrogens (tertiary/aromatic N) is 2. The molecule has 1 saturated heterocycles. The molecule has 1 N–H and O–H groups in total. The molecule has 2 aromatic heterocycles. The number of aliphatic carboxylic acids is 1. The molecule has 1 atom stereocenters. The van der Waals surface area contributed by atoms with Gasteiger partial charge in [0, 0.05) is 6.61 Å². The molecule has 6 nitrogen and oxygen atoms in total. The Morgan fingerprint density at radius 2 is 2.48 bits per heavy atom. The van der Waals surface area contributed by atoms with Crippen molar-refractivity contribution in [2.45, 2.75) is 24.0 Å². The zero-order valence-corrected chi connectivity index (χ0v) is 12.8. The minimum Gasteiger partial charge on any atom is -0.481 e. The standard InChI is InChI=1S/C13H14N2O4S2/c16-10(17)7-21-13-14-9-3-5-20-11(9)12(18)15(13)8-2-1-4-19-6-8/h3,5,8H,1-2,4,6-7H2,(H,16,17). The second kappa shape index (κ2) is 6.17. The molecule has 1 aliphatic rings. The summed E-state index contributed by atoms with van der Waals surface area (Å²) in [5.41, 5.74) is 0.532. The predicted molar refractivity (Wildman–Crippen MR) is 81.3 cm³/mol. The van der Waals surface area contributed by atoms with E-state index in [4.69, 9.17) is 9.84 Å². The lowest BCUT2D eigenvalue weighted by molar-refractivity contribution is -0.133. The molecule has 0 aliphatic carbocycles. The van der Waals surface area contributed by atoms with Crippen LogP contribution in [0.2, 0.25) is 0 Å². The van der Waals surface area contributed by atoms with Gasteiger partial charge in [-0.2, -0.15) is 0 Å². The SMILES string of the molecule is O=C(O)CSc1nc2ccsc2c(=O)n1C1CCCOC1. The van der Waals surface area contributed by atoms with Crippen LogP contribution in [0.4, 0.5) is 0 Å². The number of hydrogen-bond donors (Lipinski definition) is 1. The molecule has 0 bridgehead atoms. The van der Waals surface area contributed by atoms with E-state index in [2.05, 4.69) is 4.98 Å². The molecule has 3 heterocycles. The van der Waals surface area contributed by atoms with Crippen LogP contribution >= 0.6 is 23.1 Å². The molecular weight excluding hydrogens is 312 g/mol. The van der Waals surface area contributed by atoms with Crippen molar-refractivity contribution >= 4 is 39.3 Å². The van der Waals surface area contributed by atoms with Gasteiger partial charge in [0.05, 0.1) is 23.9 Å². The number of fused-ring (bicyclic) bond motifs is 1. The number of carbonyl (C=O) groups is 1. The maximum atomic E-state index is 12.7. The lowest BCUT2D eigenvalue weighted by atomic mass is 10.1. The summed E-state index contributed by atoms with van der Waals surface area (Å²) in [4.78, 5) is 27.9. The predicted octanol–water partition coefficient (Wildman–Crippen LogP) is 1.99. The van der Waals surface area contributed by atoms with Gasteiger partial charge in [0.1, 0.15) is 4.70 Å². The average Bonchev–Trinajstić information content (AvgIpc) is 2.95. The first-order valence-electron chi connectivity index (χ1n) is 6.59. The number of ether oxygens (including phenoxy) is 1. The molecule has 8 heteroatoms. The van der Waals surface area contributed by atoms with Crippen LogP contribution in [0, 0.1) is 0 Å². The molecule has 0 radical (unpaired) electrons. The Kier molecular flexibility index (Phi) is 4.27. The van der Waals surface area contributed by atoms with Gasteiger partial charge in [0.2, 0.25) is 0 Å². The number of thioether (sulfide) groups is 1. The Morgan fingerprint density at radius 3 is 3.19 bits per heavy atom. The summed E-state index contributed by atoms with van der Waals surface area (Å²) in [5, 5.41) is 11.1. The van der Waals surface area contributed by atoms with E-state index in [1.165, 1.54) is 11.3 Å². The van der Waals surface area contributed by atoms with Gasteiger partial charge in [-0.1, -0.05) is 11.8 Å². The number of thiophene rings is 1. The van der Waals surface area contributed by atoms with Crippen LogP contribution in [-0.4, -0.2) is 39.6 Å².